The lowest BCUT2D eigenvalue weighted by molar-refractivity contribution is -0.889. The molecule has 0 radical (unpaired) electrons. The summed E-state index contributed by atoms with van der Waals surface area (Å²) in [6.07, 6.45) is 56.9. The van der Waals surface area contributed by atoms with E-state index in [0.29, 0.717) is 12.8 Å². The SMILES string of the molecule is CC/C=C/C/C=C/C/C=C/C/C=C/C/C=C/CCCC(=O)OC(COCCC(C(=O)[O-])[N+](C)(C)C)COC(=O)CCCCCCCC/C=C/C/C=C/C/C=C/C/C=C/CC. The smallest absolute Gasteiger partial charge is 0.306 e. The molecule has 338 valence electrons. The monoisotopic (exact) mass is 834 g/mol. The van der Waals surface area contributed by atoms with Crippen LogP contribution in [0.2, 0.25) is 0 Å². The number of carbonyl (C=O) groups is 3. The zero-order valence-electron chi connectivity index (χ0n) is 38.3. The Hall–Kier alpha value is -4.01. The summed E-state index contributed by atoms with van der Waals surface area (Å²) >= 11 is 0. The van der Waals surface area contributed by atoms with Crippen molar-refractivity contribution >= 4 is 17.9 Å². The van der Waals surface area contributed by atoms with Crippen molar-refractivity contribution in [1.29, 1.82) is 0 Å². The third-order valence-corrected chi connectivity index (χ3v) is 9.40. The van der Waals surface area contributed by atoms with Crippen LogP contribution in [0, 0.1) is 0 Å². The number of unbranched alkanes of at least 4 members (excludes halogenated alkanes) is 7. The highest BCUT2D eigenvalue weighted by molar-refractivity contribution is 5.70. The van der Waals surface area contributed by atoms with Crippen LogP contribution in [-0.4, -0.2) is 75.5 Å². The number of allylic oxidation sites excluding steroid dienone is 18. The number of nitrogens with zero attached hydrogens (tertiary/aromatic N) is 1. The number of rotatable bonds is 39. The first kappa shape index (κ1) is 56.0. The van der Waals surface area contributed by atoms with Gasteiger partial charge in [-0.05, 0) is 89.9 Å². The molecule has 0 fully saturated rings. The summed E-state index contributed by atoms with van der Waals surface area (Å²) in [5, 5.41) is 11.6. The molecule has 0 heterocycles. The van der Waals surface area contributed by atoms with Crippen molar-refractivity contribution in [2.45, 2.75) is 161 Å². The fraction of sp³-hybridized carbons (Fsp3) is 0.596. The molecule has 60 heavy (non-hydrogen) atoms. The van der Waals surface area contributed by atoms with Crippen LogP contribution in [0.25, 0.3) is 0 Å². The van der Waals surface area contributed by atoms with E-state index in [0.717, 1.165) is 96.3 Å². The fourth-order valence-corrected chi connectivity index (χ4v) is 5.92. The first-order valence-corrected chi connectivity index (χ1v) is 22.9. The molecule has 0 bridgehead atoms. The van der Waals surface area contributed by atoms with Gasteiger partial charge in [-0.1, -0.05) is 149 Å². The molecule has 0 aliphatic rings. The molecule has 2 atom stereocenters. The largest absolute Gasteiger partial charge is 0.544 e. The van der Waals surface area contributed by atoms with Crippen LogP contribution in [0.3, 0.4) is 0 Å². The number of carbonyl (C=O) groups excluding carboxylic acids is 3. The maximum absolute atomic E-state index is 12.7. The predicted molar refractivity (Wildman–Crippen MR) is 249 cm³/mol. The van der Waals surface area contributed by atoms with E-state index < -0.39 is 18.1 Å². The number of hydrogen-bond donors (Lipinski definition) is 0. The summed E-state index contributed by atoms with van der Waals surface area (Å²) in [5.41, 5.74) is 0. The molecule has 0 aromatic rings. The molecule has 0 N–H and O–H groups in total. The summed E-state index contributed by atoms with van der Waals surface area (Å²) in [4.78, 5) is 36.9. The predicted octanol–water partition coefficient (Wildman–Crippen LogP) is 11.5. The van der Waals surface area contributed by atoms with Crippen molar-refractivity contribution in [2.75, 3.05) is 41.0 Å². The second-order valence-corrected chi connectivity index (χ2v) is 15.9. The molecule has 0 aromatic heterocycles. The van der Waals surface area contributed by atoms with Crippen LogP contribution in [0.1, 0.15) is 149 Å². The van der Waals surface area contributed by atoms with Gasteiger partial charge in [-0.3, -0.25) is 9.59 Å². The average molecular weight is 834 g/mol. The Morgan fingerprint density at radius 3 is 1.35 bits per heavy atom. The van der Waals surface area contributed by atoms with Crippen LogP contribution >= 0.6 is 0 Å². The molecule has 8 nitrogen and oxygen atoms in total. The van der Waals surface area contributed by atoms with Crippen molar-refractivity contribution in [3.05, 3.63) is 109 Å². The third-order valence-electron chi connectivity index (χ3n) is 9.40. The highest BCUT2D eigenvalue weighted by Gasteiger charge is 2.25. The normalized spacial score (nSPS) is 13.9. The minimum Gasteiger partial charge on any atom is -0.544 e. The molecule has 0 amide bonds. The van der Waals surface area contributed by atoms with E-state index in [1.54, 1.807) is 21.1 Å². The van der Waals surface area contributed by atoms with Gasteiger partial charge >= 0.3 is 11.9 Å². The molecule has 8 heteroatoms. The quantitative estimate of drug-likeness (QED) is 0.0263. The topological polar surface area (TPSA) is 102 Å². The summed E-state index contributed by atoms with van der Waals surface area (Å²) < 4.78 is 17.1. The highest BCUT2D eigenvalue weighted by Crippen LogP contribution is 2.12. The summed E-state index contributed by atoms with van der Waals surface area (Å²) in [5.74, 6) is -1.85. The summed E-state index contributed by atoms with van der Waals surface area (Å²) in [7, 11) is 5.37. The van der Waals surface area contributed by atoms with Crippen LogP contribution < -0.4 is 5.11 Å². The molecule has 0 saturated heterocycles. The van der Waals surface area contributed by atoms with Gasteiger partial charge in [-0.15, -0.1) is 0 Å². The number of quaternary nitrogens is 1. The summed E-state index contributed by atoms with van der Waals surface area (Å²) in [6, 6.07) is -0.745. The number of carboxylic acids is 1. The first-order chi connectivity index (χ1) is 29.1. The number of ether oxygens (including phenoxy) is 3. The van der Waals surface area contributed by atoms with E-state index in [9.17, 15) is 19.5 Å². The van der Waals surface area contributed by atoms with Crippen LogP contribution in [-0.2, 0) is 28.6 Å². The maximum atomic E-state index is 12.7. The Morgan fingerprint density at radius 1 is 0.500 bits per heavy atom. The molecule has 0 aliphatic heterocycles. The minimum atomic E-state index is -1.14. The third kappa shape index (κ3) is 39.5. The second-order valence-electron chi connectivity index (χ2n) is 15.9. The Bertz CT molecular complexity index is 1340. The molecule has 2 unspecified atom stereocenters. The van der Waals surface area contributed by atoms with Crippen molar-refractivity contribution in [3.8, 4) is 0 Å². The Balaban J connectivity index is 4.46. The number of hydrogen-bond acceptors (Lipinski definition) is 7. The lowest BCUT2D eigenvalue weighted by Gasteiger charge is -2.34. The number of likely N-dealkylation sites (N-methyl/N-ethyl adjacent to an activating group) is 1. The molecule has 0 rings (SSSR count). The van der Waals surface area contributed by atoms with Crippen LogP contribution in [0.5, 0.6) is 0 Å². The fourth-order valence-electron chi connectivity index (χ4n) is 5.92. The van der Waals surface area contributed by atoms with E-state index in [1.807, 2.05) is 0 Å². The van der Waals surface area contributed by atoms with E-state index >= 15 is 0 Å². The molecule has 0 saturated carbocycles. The second kappa shape index (κ2) is 41.7. The zero-order chi connectivity index (χ0) is 44.2. The summed E-state index contributed by atoms with van der Waals surface area (Å²) in [6.45, 7) is 4.33. The Labute approximate surface area is 366 Å². The van der Waals surface area contributed by atoms with Crippen molar-refractivity contribution < 1.29 is 38.2 Å². The minimum absolute atomic E-state index is 0.00557. The van der Waals surface area contributed by atoms with Gasteiger partial charge in [0.2, 0.25) is 0 Å². The van der Waals surface area contributed by atoms with E-state index in [4.69, 9.17) is 14.2 Å². The molecular formula is C52H83NO7. The van der Waals surface area contributed by atoms with Gasteiger partial charge < -0.3 is 28.6 Å². The Kier molecular flexibility index (Phi) is 38.9. The Morgan fingerprint density at radius 2 is 0.900 bits per heavy atom. The van der Waals surface area contributed by atoms with E-state index in [1.165, 1.54) is 12.8 Å². The molecular weight excluding hydrogens is 751 g/mol. The van der Waals surface area contributed by atoms with Crippen LogP contribution in [0.4, 0.5) is 0 Å². The maximum Gasteiger partial charge on any atom is 0.306 e. The molecule has 0 aliphatic carbocycles. The molecule has 0 aromatic carbocycles. The van der Waals surface area contributed by atoms with Gasteiger partial charge in [0.25, 0.3) is 0 Å². The average Bonchev–Trinajstić information content (AvgIpc) is 3.21. The van der Waals surface area contributed by atoms with Crippen molar-refractivity contribution in [2.24, 2.45) is 0 Å². The van der Waals surface area contributed by atoms with Gasteiger partial charge in [0.1, 0.15) is 12.6 Å². The van der Waals surface area contributed by atoms with Gasteiger partial charge in [-0.25, -0.2) is 0 Å². The van der Waals surface area contributed by atoms with Crippen LogP contribution in [0.15, 0.2) is 109 Å². The van der Waals surface area contributed by atoms with Crippen molar-refractivity contribution in [3.63, 3.8) is 0 Å². The standard InChI is InChI=1S/C52H83NO7/c1-6-8-10-12-14-16-18-20-22-24-25-27-28-30-32-34-36-38-40-42-50(54)59-47-48(46-58-45-44-49(52(56)57)53(3,4)5)60-51(55)43-41-39-37-35-33-31-29-26-23-21-19-17-15-13-11-9-7-2/h8-11,14-17,20-23,25,27,29,31,35,37,48-49H,6-7,12-13,18-19,24,26,28,30,32-34,36,38-47H2,1-5H3/b10-8+,11-9+,16-14+,17-15+,22-20+,23-21+,27-25+,31-29+,37-35+. The number of carboxylic acid groups (broad SMARTS) is 1. The van der Waals surface area contributed by atoms with Gasteiger partial charge in [-0.2, -0.15) is 0 Å². The van der Waals surface area contributed by atoms with E-state index in [2.05, 4.69) is 123 Å². The van der Waals surface area contributed by atoms with Gasteiger partial charge in [0.05, 0.1) is 40.3 Å². The van der Waals surface area contributed by atoms with Gasteiger partial charge in [0.15, 0.2) is 6.10 Å². The number of esters is 2. The molecule has 0 spiro atoms. The lowest BCUT2D eigenvalue weighted by Crippen LogP contribution is -2.55. The highest BCUT2D eigenvalue weighted by atomic mass is 16.6. The lowest BCUT2D eigenvalue weighted by atomic mass is 10.1. The first-order valence-electron chi connectivity index (χ1n) is 22.9. The van der Waals surface area contributed by atoms with Gasteiger partial charge in [0, 0.05) is 19.3 Å². The zero-order valence-corrected chi connectivity index (χ0v) is 38.3. The van der Waals surface area contributed by atoms with Crippen molar-refractivity contribution in [1.82, 2.24) is 0 Å². The number of aliphatic carboxylic acids is 1. The van der Waals surface area contributed by atoms with E-state index in [-0.39, 0.29) is 49.1 Å².